The second-order valence-electron chi connectivity index (χ2n) is 8.41. The van der Waals surface area contributed by atoms with Crippen molar-refractivity contribution in [1.82, 2.24) is 0 Å². The van der Waals surface area contributed by atoms with Crippen molar-refractivity contribution in [2.75, 3.05) is 0 Å². The second kappa shape index (κ2) is 9.83. The third-order valence-corrected chi connectivity index (χ3v) is 4.52. The van der Waals surface area contributed by atoms with Gasteiger partial charge in [0.2, 0.25) is 0 Å². The maximum Gasteiger partial charge on any atom is 0.309 e. The molecular formula is C24H28F2O4. The zero-order valence-electron chi connectivity index (χ0n) is 17.9. The molecule has 30 heavy (non-hydrogen) atoms. The molecule has 2 aromatic rings. The number of hydrogen-bond acceptors (Lipinski definition) is 4. The molecule has 2 rings (SSSR count). The summed E-state index contributed by atoms with van der Waals surface area (Å²) in [4.78, 5) is 24.6. The van der Waals surface area contributed by atoms with Gasteiger partial charge in [0.1, 0.15) is 23.3 Å². The molecule has 0 heterocycles. The highest BCUT2D eigenvalue weighted by atomic mass is 19.1. The van der Waals surface area contributed by atoms with Crippen LogP contribution in [0, 0.1) is 17.6 Å². The fourth-order valence-electron chi connectivity index (χ4n) is 3.16. The van der Waals surface area contributed by atoms with Gasteiger partial charge in [-0.1, -0.05) is 31.2 Å². The molecule has 162 valence electrons. The quantitative estimate of drug-likeness (QED) is 0.565. The predicted octanol–water partition coefficient (Wildman–Crippen LogP) is 5.40. The van der Waals surface area contributed by atoms with E-state index in [0.717, 1.165) is 11.1 Å². The first-order chi connectivity index (χ1) is 14.0. The van der Waals surface area contributed by atoms with Crippen LogP contribution in [0.3, 0.4) is 0 Å². The average molecular weight is 418 g/mol. The molecule has 0 unspecified atom stereocenters. The van der Waals surface area contributed by atoms with Crippen molar-refractivity contribution in [3.8, 4) is 0 Å². The molecule has 0 bridgehead atoms. The molecule has 0 amide bonds. The first-order valence-corrected chi connectivity index (χ1v) is 9.89. The Morgan fingerprint density at radius 1 is 0.867 bits per heavy atom. The normalized spacial score (nSPS) is 13.6. The maximum atomic E-state index is 13.4. The van der Waals surface area contributed by atoms with Gasteiger partial charge in [-0.05, 0) is 63.1 Å². The lowest BCUT2D eigenvalue weighted by Gasteiger charge is -2.26. The van der Waals surface area contributed by atoms with Crippen LogP contribution in [0.1, 0.15) is 58.1 Å². The zero-order valence-corrected chi connectivity index (χ0v) is 17.9. The maximum absolute atomic E-state index is 13.4. The number of rotatable bonds is 7. The topological polar surface area (TPSA) is 52.6 Å². The molecule has 0 fully saturated rings. The summed E-state index contributed by atoms with van der Waals surface area (Å²) in [5, 5.41) is 0. The Kier molecular flexibility index (Phi) is 7.71. The van der Waals surface area contributed by atoms with E-state index in [2.05, 4.69) is 0 Å². The van der Waals surface area contributed by atoms with E-state index in [4.69, 9.17) is 9.47 Å². The Morgan fingerprint density at radius 2 is 1.30 bits per heavy atom. The number of hydrogen-bond donors (Lipinski definition) is 0. The van der Waals surface area contributed by atoms with E-state index in [-0.39, 0.29) is 18.1 Å². The van der Waals surface area contributed by atoms with Crippen LogP contribution in [-0.2, 0) is 19.1 Å². The number of esters is 2. The lowest BCUT2D eigenvalue weighted by Crippen LogP contribution is -2.30. The standard InChI is InChI=1S/C24H28F2O4/c1-15(14-21(27)30-24(3,4)5)23(28)29-16(2)22(17-6-10-19(25)11-7-17)18-8-12-20(26)13-9-18/h6-13,15-16,22H,14H2,1-5H3/t15-,16-/m1/s1. The molecule has 0 aliphatic heterocycles. The number of halogens is 2. The molecule has 4 nitrogen and oxygen atoms in total. The van der Waals surface area contributed by atoms with Crippen molar-refractivity contribution in [1.29, 1.82) is 0 Å². The highest BCUT2D eigenvalue weighted by Crippen LogP contribution is 2.31. The first-order valence-electron chi connectivity index (χ1n) is 9.89. The lowest BCUT2D eigenvalue weighted by atomic mass is 9.87. The van der Waals surface area contributed by atoms with Crippen LogP contribution in [0.4, 0.5) is 8.78 Å². The Hall–Kier alpha value is -2.76. The van der Waals surface area contributed by atoms with Crippen LogP contribution in [0.5, 0.6) is 0 Å². The Labute approximate surface area is 176 Å². The fourth-order valence-corrected chi connectivity index (χ4v) is 3.16. The number of carbonyl (C=O) groups excluding carboxylic acids is 2. The van der Waals surface area contributed by atoms with Gasteiger partial charge >= 0.3 is 11.9 Å². The van der Waals surface area contributed by atoms with Gasteiger partial charge < -0.3 is 9.47 Å². The van der Waals surface area contributed by atoms with Gasteiger partial charge in [-0.15, -0.1) is 0 Å². The Morgan fingerprint density at radius 3 is 1.70 bits per heavy atom. The van der Waals surface area contributed by atoms with Crippen molar-refractivity contribution in [3.05, 3.63) is 71.3 Å². The largest absolute Gasteiger partial charge is 0.461 e. The third kappa shape index (κ3) is 6.94. The molecule has 0 spiro atoms. The van der Waals surface area contributed by atoms with Gasteiger partial charge in [0.25, 0.3) is 0 Å². The van der Waals surface area contributed by atoms with Gasteiger partial charge in [0, 0.05) is 5.92 Å². The fraction of sp³-hybridized carbons (Fsp3) is 0.417. The summed E-state index contributed by atoms with van der Waals surface area (Å²) in [5.74, 6) is -2.90. The van der Waals surface area contributed by atoms with Gasteiger partial charge in [0.15, 0.2) is 0 Å². The van der Waals surface area contributed by atoms with Crippen LogP contribution in [0.25, 0.3) is 0 Å². The molecule has 2 atom stereocenters. The van der Waals surface area contributed by atoms with Crippen LogP contribution in [0.2, 0.25) is 0 Å². The van der Waals surface area contributed by atoms with Crippen LogP contribution >= 0.6 is 0 Å². The molecule has 0 aliphatic rings. The third-order valence-electron chi connectivity index (χ3n) is 4.52. The molecule has 2 aromatic carbocycles. The predicted molar refractivity (Wildman–Crippen MR) is 110 cm³/mol. The highest BCUT2D eigenvalue weighted by Gasteiger charge is 2.29. The van der Waals surface area contributed by atoms with Crippen LogP contribution < -0.4 is 0 Å². The van der Waals surface area contributed by atoms with Crippen molar-refractivity contribution in [2.24, 2.45) is 5.92 Å². The lowest BCUT2D eigenvalue weighted by molar-refractivity contribution is -0.163. The SMILES string of the molecule is C[C@H](CC(=O)OC(C)(C)C)C(=O)O[C@H](C)C(c1ccc(F)cc1)c1ccc(F)cc1. The van der Waals surface area contributed by atoms with E-state index in [0.29, 0.717) is 0 Å². The Bertz CT molecular complexity index is 809. The summed E-state index contributed by atoms with van der Waals surface area (Å²) in [6.45, 7) is 8.59. The molecule has 0 saturated carbocycles. The van der Waals surface area contributed by atoms with E-state index in [1.54, 1.807) is 58.9 Å². The van der Waals surface area contributed by atoms with E-state index >= 15 is 0 Å². The summed E-state index contributed by atoms with van der Waals surface area (Å²) >= 11 is 0. The number of benzene rings is 2. The summed E-state index contributed by atoms with van der Waals surface area (Å²) in [6, 6.07) is 11.7. The second-order valence-corrected chi connectivity index (χ2v) is 8.41. The van der Waals surface area contributed by atoms with Crippen molar-refractivity contribution in [2.45, 2.75) is 58.7 Å². The smallest absolute Gasteiger partial charge is 0.309 e. The van der Waals surface area contributed by atoms with E-state index in [1.165, 1.54) is 24.3 Å². The number of carbonyl (C=O) groups is 2. The molecule has 0 radical (unpaired) electrons. The minimum absolute atomic E-state index is 0.0966. The number of ether oxygens (including phenoxy) is 2. The molecule has 0 N–H and O–H groups in total. The Balaban J connectivity index is 2.16. The summed E-state index contributed by atoms with van der Waals surface area (Å²) in [6.07, 6.45) is -0.727. The van der Waals surface area contributed by atoms with Crippen LogP contribution in [0.15, 0.2) is 48.5 Å². The highest BCUT2D eigenvalue weighted by molar-refractivity contribution is 5.80. The van der Waals surface area contributed by atoms with E-state index in [9.17, 15) is 18.4 Å². The van der Waals surface area contributed by atoms with Gasteiger partial charge in [-0.25, -0.2) is 8.78 Å². The zero-order chi connectivity index (χ0) is 22.5. The van der Waals surface area contributed by atoms with Gasteiger partial charge in [-0.3, -0.25) is 9.59 Å². The summed E-state index contributed by atoms with van der Waals surface area (Å²) in [7, 11) is 0. The summed E-state index contributed by atoms with van der Waals surface area (Å²) < 4.78 is 37.7. The average Bonchev–Trinajstić information content (AvgIpc) is 2.63. The van der Waals surface area contributed by atoms with Gasteiger partial charge in [0.05, 0.1) is 12.3 Å². The van der Waals surface area contributed by atoms with Crippen molar-refractivity contribution < 1.29 is 27.8 Å². The van der Waals surface area contributed by atoms with Crippen molar-refractivity contribution >= 4 is 11.9 Å². The minimum Gasteiger partial charge on any atom is -0.461 e. The monoisotopic (exact) mass is 418 g/mol. The molecule has 0 aliphatic carbocycles. The minimum atomic E-state index is -0.690. The van der Waals surface area contributed by atoms with Gasteiger partial charge in [-0.2, -0.15) is 0 Å². The van der Waals surface area contributed by atoms with Crippen molar-refractivity contribution in [3.63, 3.8) is 0 Å². The van der Waals surface area contributed by atoms with E-state index in [1.807, 2.05) is 0 Å². The van der Waals surface area contributed by atoms with Crippen LogP contribution in [-0.4, -0.2) is 23.6 Å². The first kappa shape index (κ1) is 23.5. The summed E-state index contributed by atoms with van der Waals surface area (Å²) in [5.41, 5.74) is 0.816. The molecule has 0 saturated heterocycles. The molecular weight excluding hydrogens is 390 g/mol. The van der Waals surface area contributed by atoms with E-state index < -0.39 is 35.5 Å². The molecule has 0 aromatic heterocycles. The molecule has 6 heteroatoms.